The molecule has 0 amide bonds. The Labute approximate surface area is 124 Å². The zero-order valence-corrected chi connectivity index (χ0v) is 13.3. The van der Waals surface area contributed by atoms with Gasteiger partial charge in [0.1, 0.15) is 0 Å². The van der Waals surface area contributed by atoms with Crippen molar-refractivity contribution in [2.24, 2.45) is 0 Å². The third kappa shape index (κ3) is 6.04. The number of rotatable bonds is 5. The molecule has 0 bridgehead atoms. The lowest BCUT2D eigenvalue weighted by atomic mass is 9.27. The van der Waals surface area contributed by atoms with E-state index >= 15 is 0 Å². The first-order chi connectivity index (χ1) is 9.38. The van der Waals surface area contributed by atoms with E-state index in [9.17, 15) is 0 Å². The van der Waals surface area contributed by atoms with Crippen molar-refractivity contribution >= 4 is 28.7 Å². The van der Waals surface area contributed by atoms with Gasteiger partial charge in [-0.3, -0.25) is 0 Å². The molecule has 104 valence electrons. The Kier molecular flexibility index (Phi) is 7.61. The topological polar surface area (TPSA) is 0 Å². The second-order valence-corrected chi connectivity index (χ2v) is 7.46. The maximum absolute atomic E-state index is 2.35. The maximum Gasteiger partial charge on any atom is 0.0908 e. The van der Waals surface area contributed by atoms with Crippen LogP contribution in [0.1, 0.15) is 70.6 Å². The first-order valence-corrected chi connectivity index (χ1v) is 9.38. The molecule has 0 aliphatic heterocycles. The summed E-state index contributed by atoms with van der Waals surface area (Å²) in [6, 6.07) is 0. The van der Waals surface area contributed by atoms with E-state index in [4.69, 9.17) is 0 Å². The van der Waals surface area contributed by atoms with E-state index in [2.05, 4.69) is 6.82 Å². The summed E-state index contributed by atoms with van der Waals surface area (Å²) < 4.78 is 0. The van der Waals surface area contributed by atoms with Gasteiger partial charge in [-0.2, -0.15) is 0 Å². The minimum atomic E-state index is 1.07. The molecule has 19 heavy (non-hydrogen) atoms. The smallest absolute Gasteiger partial charge is 0.0908 e. The van der Waals surface area contributed by atoms with Crippen LogP contribution in [0.25, 0.3) is 0 Å². The highest BCUT2D eigenvalue weighted by Crippen LogP contribution is 2.33. The van der Waals surface area contributed by atoms with E-state index in [1.54, 1.807) is 40.0 Å². The summed E-state index contributed by atoms with van der Waals surface area (Å²) in [5.74, 6) is 3.26. The molecule has 0 saturated heterocycles. The Morgan fingerprint density at radius 2 is 0.947 bits per heavy atom. The van der Waals surface area contributed by atoms with Crippen LogP contribution in [0.3, 0.4) is 0 Å². The van der Waals surface area contributed by atoms with Gasteiger partial charge in [0.05, 0.1) is 28.7 Å². The molecule has 0 nitrogen and oxygen atoms in total. The molecule has 0 unspecified atom stereocenters. The number of hydrogen-bond acceptors (Lipinski definition) is 0. The average Bonchev–Trinajstić information content (AvgIpc) is 2.42. The fourth-order valence-electron chi connectivity index (χ4n) is 4.61. The van der Waals surface area contributed by atoms with Crippen molar-refractivity contribution in [3.63, 3.8) is 0 Å². The van der Waals surface area contributed by atoms with E-state index in [-0.39, 0.29) is 0 Å². The van der Waals surface area contributed by atoms with Crippen molar-refractivity contribution in [1.82, 2.24) is 0 Å². The molecule has 0 spiro atoms. The minimum Gasteiger partial charge on any atom is -0.0958 e. The van der Waals surface area contributed by atoms with E-state index in [0.717, 1.165) is 17.5 Å². The lowest BCUT2D eigenvalue weighted by Gasteiger charge is -2.26. The van der Waals surface area contributed by atoms with Crippen molar-refractivity contribution in [2.45, 2.75) is 94.9 Å². The summed E-state index contributed by atoms with van der Waals surface area (Å²) in [6.07, 6.45) is 16.9. The normalized spacial score (nSPS) is 29.9. The second kappa shape index (κ2) is 9.24. The van der Waals surface area contributed by atoms with Crippen molar-refractivity contribution < 1.29 is 0 Å². The van der Waals surface area contributed by atoms with Crippen LogP contribution < -0.4 is 0 Å². The molecular weight excluding hydrogens is 223 g/mol. The first kappa shape index (κ1) is 15.6. The summed E-state index contributed by atoms with van der Waals surface area (Å²) in [5, 5.41) is 0. The lowest BCUT2D eigenvalue weighted by Crippen LogP contribution is -2.20. The van der Waals surface area contributed by atoms with Crippen LogP contribution >= 0.6 is 0 Å². The SMILES string of the molecule is CBBC1CCCC(BBC2CCCCC2)CCC1. The fraction of sp³-hybridized carbons (Fsp3) is 1.00. The Morgan fingerprint density at radius 3 is 1.42 bits per heavy atom. The molecule has 2 aliphatic rings. The van der Waals surface area contributed by atoms with Crippen LogP contribution in [0.2, 0.25) is 24.3 Å². The maximum atomic E-state index is 2.35. The molecule has 2 fully saturated rings. The molecule has 4 heteroatoms. The monoisotopic (exact) mass is 256 g/mol. The summed E-state index contributed by atoms with van der Waals surface area (Å²) >= 11 is 0. The first-order valence-electron chi connectivity index (χ1n) is 9.38. The van der Waals surface area contributed by atoms with Gasteiger partial charge in [0, 0.05) is 0 Å². The highest BCUT2D eigenvalue weighted by Gasteiger charge is 2.20. The van der Waals surface area contributed by atoms with E-state index in [0.29, 0.717) is 0 Å². The van der Waals surface area contributed by atoms with Gasteiger partial charge in [-0.25, -0.2) is 0 Å². The molecule has 0 aromatic carbocycles. The average molecular weight is 256 g/mol. The van der Waals surface area contributed by atoms with Crippen LogP contribution in [0.15, 0.2) is 0 Å². The van der Waals surface area contributed by atoms with Gasteiger partial charge in [-0.1, -0.05) is 94.9 Å². The minimum absolute atomic E-state index is 1.07. The summed E-state index contributed by atoms with van der Waals surface area (Å²) in [4.78, 5) is 0. The lowest BCUT2D eigenvalue weighted by molar-refractivity contribution is 0.497. The molecule has 0 aromatic rings. The fourth-order valence-corrected chi connectivity index (χ4v) is 4.61. The molecule has 2 rings (SSSR count). The van der Waals surface area contributed by atoms with Crippen LogP contribution in [0.4, 0.5) is 0 Å². The van der Waals surface area contributed by atoms with Gasteiger partial charge in [0.25, 0.3) is 0 Å². The zero-order chi connectivity index (χ0) is 13.3. The van der Waals surface area contributed by atoms with Crippen LogP contribution in [0.5, 0.6) is 0 Å². The molecule has 2 saturated carbocycles. The van der Waals surface area contributed by atoms with Gasteiger partial charge in [-0.15, -0.1) is 0 Å². The third-order valence-corrected chi connectivity index (χ3v) is 5.85. The van der Waals surface area contributed by atoms with E-state index in [1.165, 1.54) is 59.3 Å². The van der Waals surface area contributed by atoms with Gasteiger partial charge >= 0.3 is 0 Å². The molecule has 0 N–H and O–H groups in total. The Hall–Kier alpha value is 0.260. The molecule has 2 aliphatic carbocycles. The highest BCUT2D eigenvalue weighted by molar-refractivity contribution is 7.02. The van der Waals surface area contributed by atoms with Gasteiger partial charge in [-0.05, 0) is 0 Å². The standard InChI is InChI=1S/C15H32B4/c1-16-17-13-9-5-11-15(12-6-10-13)19-18-14-7-3-2-4-8-14/h13-19H,2-12H2,1H3. The third-order valence-electron chi connectivity index (χ3n) is 5.85. The van der Waals surface area contributed by atoms with E-state index < -0.39 is 0 Å². The van der Waals surface area contributed by atoms with Crippen molar-refractivity contribution in [3.05, 3.63) is 0 Å². The zero-order valence-electron chi connectivity index (χ0n) is 13.3. The molecule has 0 atom stereocenters. The summed E-state index contributed by atoms with van der Waals surface area (Å²) in [5.41, 5.74) is 0. The predicted octanol–water partition coefficient (Wildman–Crippen LogP) is 3.29. The van der Waals surface area contributed by atoms with Gasteiger partial charge in [0.15, 0.2) is 0 Å². The molecule has 0 aromatic heterocycles. The van der Waals surface area contributed by atoms with Gasteiger partial charge < -0.3 is 0 Å². The van der Waals surface area contributed by atoms with Crippen LogP contribution in [-0.2, 0) is 0 Å². The largest absolute Gasteiger partial charge is 0.0958 e. The highest BCUT2D eigenvalue weighted by atomic mass is 14.1. The molecular formula is C15H32B4. The predicted molar refractivity (Wildman–Crippen MR) is 96.5 cm³/mol. The summed E-state index contributed by atoms with van der Waals surface area (Å²) in [6.45, 7) is 2.35. The Bertz CT molecular complexity index is 218. The molecule has 0 heterocycles. The van der Waals surface area contributed by atoms with Crippen LogP contribution in [-0.4, -0.2) is 28.7 Å². The van der Waals surface area contributed by atoms with Crippen molar-refractivity contribution in [2.75, 3.05) is 0 Å². The van der Waals surface area contributed by atoms with Crippen molar-refractivity contribution in [1.29, 1.82) is 0 Å². The van der Waals surface area contributed by atoms with Crippen LogP contribution in [0, 0.1) is 0 Å². The Morgan fingerprint density at radius 1 is 0.526 bits per heavy atom. The quantitative estimate of drug-likeness (QED) is 0.662. The van der Waals surface area contributed by atoms with Crippen molar-refractivity contribution in [3.8, 4) is 0 Å². The Balaban J connectivity index is 1.62. The molecule has 0 radical (unpaired) electrons. The second-order valence-electron chi connectivity index (χ2n) is 7.46. The van der Waals surface area contributed by atoms with E-state index in [1.807, 2.05) is 0 Å². The number of hydrogen-bond donors (Lipinski definition) is 0. The van der Waals surface area contributed by atoms with Gasteiger partial charge in [0.2, 0.25) is 0 Å². The summed E-state index contributed by atoms with van der Waals surface area (Å²) in [7, 11) is 6.01.